The fourth-order valence-corrected chi connectivity index (χ4v) is 1.55. The predicted octanol–water partition coefficient (Wildman–Crippen LogP) is 3.57. The number of hydrogen-bond acceptors (Lipinski definition) is 5. The quantitative estimate of drug-likeness (QED) is 0.356. The summed E-state index contributed by atoms with van der Waals surface area (Å²) in [4.78, 5) is 30.9. The van der Waals surface area contributed by atoms with Crippen LogP contribution in [0.2, 0.25) is 0 Å². The topological polar surface area (TPSA) is 89.9 Å². The van der Waals surface area contributed by atoms with Gasteiger partial charge in [-0.05, 0) is 12.8 Å². The van der Waals surface area contributed by atoms with E-state index in [0.717, 1.165) is 58.0 Å². The van der Waals surface area contributed by atoms with Crippen molar-refractivity contribution in [3.63, 3.8) is 0 Å². The highest BCUT2D eigenvalue weighted by Crippen LogP contribution is 2.09. The third-order valence-corrected chi connectivity index (χ3v) is 2.44. The number of esters is 2. The van der Waals surface area contributed by atoms with E-state index >= 15 is 0 Å². The second-order valence-corrected chi connectivity index (χ2v) is 4.45. The van der Waals surface area contributed by atoms with E-state index in [2.05, 4.69) is 22.6 Å². The molecule has 0 unspecified atom stereocenters. The van der Waals surface area contributed by atoms with Crippen molar-refractivity contribution in [2.45, 2.75) is 58.3 Å². The van der Waals surface area contributed by atoms with Gasteiger partial charge >= 0.3 is 11.9 Å². The zero-order valence-electron chi connectivity index (χ0n) is 13.2. The highest BCUT2D eigenvalue weighted by atomic mass is 16.5. The second kappa shape index (κ2) is 16.9. The molecule has 0 atom stereocenters. The molecule has 6 nitrogen and oxygen atoms in total. The maximum absolute atomic E-state index is 11.0. The number of aliphatic carboxylic acids is 1. The Morgan fingerprint density at radius 1 is 0.818 bits per heavy atom. The maximum atomic E-state index is 11.0. The summed E-state index contributed by atoms with van der Waals surface area (Å²) in [6, 6.07) is 0. The van der Waals surface area contributed by atoms with E-state index in [0.29, 0.717) is 12.8 Å². The summed E-state index contributed by atoms with van der Waals surface area (Å²) >= 11 is 0. The van der Waals surface area contributed by atoms with E-state index < -0.39 is 5.97 Å². The van der Waals surface area contributed by atoms with Crippen molar-refractivity contribution in [2.75, 3.05) is 0 Å². The van der Waals surface area contributed by atoms with Gasteiger partial charge in [-0.25, -0.2) is 0 Å². The van der Waals surface area contributed by atoms with Gasteiger partial charge in [0.25, 0.3) is 5.97 Å². The molecule has 0 aromatic rings. The van der Waals surface area contributed by atoms with E-state index in [9.17, 15) is 9.59 Å². The lowest BCUT2D eigenvalue weighted by molar-refractivity contribution is -0.139. The molecule has 0 aromatic heterocycles. The smallest absolute Gasteiger partial charge is 0.310 e. The summed E-state index contributed by atoms with van der Waals surface area (Å²) in [5, 5.41) is 7.42. The third kappa shape index (κ3) is 23.0. The van der Waals surface area contributed by atoms with Crippen LogP contribution in [-0.2, 0) is 23.9 Å². The number of ether oxygens (including phenoxy) is 2. The minimum absolute atomic E-state index is 0.225. The van der Waals surface area contributed by atoms with Gasteiger partial charge in [-0.1, -0.05) is 38.8 Å². The number of unbranched alkanes of at least 4 members (excludes halogenated alkanes) is 5. The Morgan fingerprint density at radius 3 is 1.36 bits per heavy atom. The first-order valence-corrected chi connectivity index (χ1v) is 7.24. The molecule has 0 aliphatic heterocycles. The minimum atomic E-state index is -0.833. The number of rotatable bonds is 11. The number of carboxylic acid groups (broad SMARTS) is 1. The van der Waals surface area contributed by atoms with Crippen LogP contribution in [0, 0.1) is 0 Å². The molecule has 0 fully saturated rings. The lowest BCUT2D eigenvalue weighted by atomic mass is 10.1. The molecule has 0 saturated heterocycles. The van der Waals surface area contributed by atoms with E-state index in [1.54, 1.807) is 0 Å². The lowest BCUT2D eigenvalue weighted by Crippen LogP contribution is -1.99. The van der Waals surface area contributed by atoms with Gasteiger partial charge in [-0.3, -0.25) is 14.4 Å². The molecular formula is C16H26O6. The fourth-order valence-electron chi connectivity index (χ4n) is 1.55. The second-order valence-electron chi connectivity index (χ2n) is 4.45. The van der Waals surface area contributed by atoms with E-state index in [-0.39, 0.29) is 11.9 Å². The molecule has 0 aliphatic carbocycles. The Hall–Kier alpha value is -2.11. The predicted molar refractivity (Wildman–Crippen MR) is 82.8 cm³/mol. The zero-order chi connectivity index (χ0) is 17.2. The summed E-state index contributed by atoms with van der Waals surface area (Å²) in [7, 11) is 0. The average molecular weight is 314 g/mol. The van der Waals surface area contributed by atoms with E-state index in [4.69, 9.17) is 9.90 Å². The van der Waals surface area contributed by atoms with Crippen molar-refractivity contribution >= 4 is 17.9 Å². The standard InChI is InChI=1S/C14H22O4.C2H4O2/c1-3-17-13(15)11-9-7-5-6-8-10-12-14(16)18-4-2;1-2(3)4/h3-4H,1-2,5-12H2;1H3,(H,3,4). The molecule has 0 rings (SSSR count). The fraction of sp³-hybridized carbons (Fsp3) is 0.562. The first-order valence-electron chi connectivity index (χ1n) is 7.24. The Balaban J connectivity index is 0. The van der Waals surface area contributed by atoms with Crippen LogP contribution in [0.4, 0.5) is 0 Å². The SMILES string of the molecule is C=COC(=O)CCCCCCCCC(=O)OC=C.CC(=O)O. The van der Waals surface area contributed by atoms with Gasteiger partial charge in [-0.2, -0.15) is 0 Å². The third-order valence-electron chi connectivity index (χ3n) is 2.44. The molecule has 0 bridgehead atoms. The molecule has 0 radical (unpaired) electrons. The summed E-state index contributed by atoms with van der Waals surface area (Å²) in [5.74, 6) is -1.28. The summed E-state index contributed by atoms with van der Waals surface area (Å²) in [6.07, 6.45) is 9.02. The Labute approximate surface area is 131 Å². The van der Waals surface area contributed by atoms with Crippen LogP contribution < -0.4 is 0 Å². The summed E-state index contributed by atoms with van der Waals surface area (Å²) < 4.78 is 9.20. The van der Waals surface area contributed by atoms with Crippen molar-refractivity contribution in [1.82, 2.24) is 0 Å². The normalized spacial score (nSPS) is 8.95. The maximum Gasteiger partial charge on any atom is 0.310 e. The van der Waals surface area contributed by atoms with Crippen LogP contribution in [0.15, 0.2) is 25.7 Å². The molecule has 0 saturated carbocycles. The Bertz CT molecular complexity index is 317. The molecule has 0 aromatic carbocycles. The van der Waals surface area contributed by atoms with Gasteiger partial charge in [0.2, 0.25) is 0 Å². The van der Waals surface area contributed by atoms with Gasteiger partial charge in [0.1, 0.15) is 0 Å². The molecule has 0 aliphatic rings. The number of carbonyl (C=O) groups is 3. The van der Waals surface area contributed by atoms with Crippen LogP contribution in [0.3, 0.4) is 0 Å². The minimum Gasteiger partial charge on any atom is -0.481 e. The van der Waals surface area contributed by atoms with Gasteiger partial charge in [0.15, 0.2) is 0 Å². The molecular weight excluding hydrogens is 288 g/mol. The Kier molecular flexibility index (Phi) is 17.1. The largest absolute Gasteiger partial charge is 0.481 e. The molecule has 0 spiro atoms. The van der Waals surface area contributed by atoms with Crippen LogP contribution in [0.5, 0.6) is 0 Å². The summed E-state index contributed by atoms with van der Waals surface area (Å²) in [6.45, 7) is 7.72. The number of carboxylic acids is 1. The monoisotopic (exact) mass is 314 g/mol. The van der Waals surface area contributed by atoms with Crippen LogP contribution in [0.1, 0.15) is 58.3 Å². The molecule has 22 heavy (non-hydrogen) atoms. The van der Waals surface area contributed by atoms with E-state index in [1.807, 2.05) is 0 Å². The van der Waals surface area contributed by atoms with Gasteiger partial charge < -0.3 is 14.6 Å². The van der Waals surface area contributed by atoms with Gasteiger partial charge in [0, 0.05) is 19.8 Å². The number of hydrogen-bond donors (Lipinski definition) is 1. The zero-order valence-corrected chi connectivity index (χ0v) is 13.2. The highest BCUT2D eigenvalue weighted by molar-refractivity contribution is 5.70. The van der Waals surface area contributed by atoms with Crippen molar-refractivity contribution in [1.29, 1.82) is 0 Å². The Morgan fingerprint density at radius 2 is 1.09 bits per heavy atom. The van der Waals surface area contributed by atoms with Crippen LogP contribution in [-0.4, -0.2) is 23.0 Å². The van der Waals surface area contributed by atoms with Crippen molar-refractivity contribution < 1.29 is 29.0 Å². The molecule has 0 amide bonds. The average Bonchev–Trinajstić information content (AvgIpc) is 2.41. The first kappa shape index (κ1) is 22.2. The number of carbonyl (C=O) groups excluding carboxylic acids is 2. The van der Waals surface area contributed by atoms with Crippen LogP contribution >= 0.6 is 0 Å². The van der Waals surface area contributed by atoms with Crippen molar-refractivity contribution in [3.8, 4) is 0 Å². The molecule has 0 heterocycles. The van der Waals surface area contributed by atoms with Gasteiger partial charge in [-0.15, -0.1) is 0 Å². The van der Waals surface area contributed by atoms with E-state index in [1.165, 1.54) is 0 Å². The molecule has 126 valence electrons. The van der Waals surface area contributed by atoms with Crippen LogP contribution in [0.25, 0.3) is 0 Å². The lowest BCUT2D eigenvalue weighted by Gasteiger charge is -2.01. The van der Waals surface area contributed by atoms with Crippen molar-refractivity contribution in [2.24, 2.45) is 0 Å². The highest BCUT2D eigenvalue weighted by Gasteiger charge is 2.01. The molecule has 1 N–H and O–H groups in total. The molecule has 6 heteroatoms. The summed E-state index contributed by atoms with van der Waals surface area (Å²) in [5.41, 5.74) is 0. The van der Waals surface area contributed by atoms with Crippen molar-refractivity contribution in [3.05, 3.63) is 25.7 Å². The van der Waals surface area contributed by atoms with Gasteiger partial charge in [0.05, 0.1) is 12.5 Å². The first-order chi connectivity index (χ1) is 10.4.